The quantitative estimate of drug-likeness (QED) is 0.243. The van der Waals surface area contributed by atoms with Crippen molar-refractivity contribution in [1.29, 1.82) is 0 Å². The summed E-state index contributed by atoms with van der Waals surface area (Å²) in [5.74, 6) is 0.850. The van der Waals surface area contributed by atoms with E-state index in [1.807, 2.05) is 6.07 Å². The Labute approximate surface area is 225 Å². The van der Waals surface area contributed by atoms with Gasteiger partial charge in [0.15, 0.2) is 0 Å². The van der Waals surface area contributed by atoms with Crippen molar-refractivity contribution in [2.45, 2.75) is 6.92 Å². The number of aryl methyl sites for hydroxylation is 1. The van der Waals surface area contributed by atoms with Gasteiger partial charge in [-0.3, -0.25) is 9.13 Å². The number of fused-ring (bicyclic) bond motifs is 6. The second kappa shape index (κ2) is 8.40. The van der Waals surface area contributed by atoms with Crippen LogP contribution in [0.5, 0.6) is 0 Å². The van der Waals surface area contributed by atoms with E-state index < -0.39 is 0 Å². The van der Waals surface area contributed by atoms with Gasteiger partial charge in [0.25, 0.3) is 0 Å². The van der Waals surface area contributed by atoms with Gasteiger partial charge < -0.3 is 0 Å². The predicted molar refractivity (Wildman–Crippen MR) is 161 cm³/mol. The third-order valence-electron chi connectivity index (χ3n) is 7.59. The van der Waals surface area contributed by atoms with Crippen LogP contribution in [0.15, 0.2) is 127 Å². The number of hydrogen-bond donors (Lipinski definition) is 0. The fraction of sp³-hybridized carbons (Fsp3) is 0.0286. The molecule has 0 N–H and O–H groups in total. The Morgan fingerprint density at radius 3 is 2.00 bits per heavy atom. The van der Waals surface area contributed by atoms with Crippen LogP contribution in [0.2, 0.25) is 0 Å². The molecule has 8 rings (SSSR count). The topological polar surface area (TPSA) is 35.6 Å². The fourth-order valence-electron chi connectivity index (χ4n) is 5.80. The molecule has 4 aromatic carbocycles. The second-order valence-corrected chi connectivity index (χ2v) is 10.0. The van der Waals surface area contributed by atoms with Crippen LogP contribution in [0, 0.1) is 6.92 Å². The highest BCUT2D eigenvalue weighted by molar-refractivity contribution is 6.10. The average Bonchev–Trinajstić information content (AvgIpc) is 3.49. The lowest BCUT2D eigenvalue weighted by Gasteiger charge is -2.10. The Balaban J connectivity index is 1.46. The first-order valence-corrected chi connectivity index (χ1v) is 13.2. The van der Waals surface area contributed by atoms with E-state index in [9.17, 15) is 0 Å². The average molecular weight is 501 g/mol. The van der Waals surface area contributed by atoms with E-state index in [4.69, 9.17) is 9.97 Å². The number of aromatic nitrogens is 4. The van der Waals surface area contributed by atoms with Gasteiger partial charge in [-0.25, -0.2) is 9.97 Å². The van der Waals surface area contributed by atoms with Crippen LogP contribution in [0.3, 0.4) is 0 Å². The molecule has 4 heterocycles. The van der Waals surface area contributed by atoms with E-state index in [2.05, 4.69) is 137 Å². The molecule has 0 atom stereocenters. The van der Waals surface area contributed by atoms with Crippen molar-refractivity contribution in [3.8, 4) is 22.8 Å². The molecule has 184 valence electrons. The molecule has 0 bridgehead atoms. The maximum absolute atomic E-state index is 5.35. The van der Waals surface area contributed by atoms with Crippen LogP contribution in [-0.4, -0.2) is 19.1 Å². The summed E-state index contributed by atoms with van der Waals surface area (Å²) in [5.41, 5.74) is 8.46. The summed E-state index contributed by atoms with van der Waals surface area (Å²) in [6, 6.07) is 44.6. The Bertz CT molecular complexity index is 2170. The van der Waals surface area contributed by atoms with E-state index >= 15 is 0 Å². The van der Waals surface area contributed by atoms with E-state index in [0.717, 1.165) is 55.9 Å². The molecule has 0 fully saturated rings. The van der Waals surface area contributed by atoms with Gasteiger partial charge in [0.1, 0.15) is 17.1 Å². The van der Waals surface area contributed by atoms with Crippen LogP contribution >= 0.6 is 0 Å². The third-order valence-corrected chi connectivity index (χ3v) is 7.59. The Hall–Kier alpha value is -5.22. The highest BCUT2D eigenvalue weighted by atomic mass is 15.1. The Morgan fingerprint density at radius 1 is 0.487 bits per heavy atom. The smallest absolute Gasteiger partial charge is 0.148 e. The minimum Gasteiger partial charge on any atom is -0.294 e. The van der Waals surface area contributed by atoms with Crippen molar-refractivity contribution in [2.75, 3.05) is 0 Å². The van der Waals surface area contributed by atoms with E-state index in [0.29, 0.717) is 0 Å². The molecule has 0 unspecified atom stereocenters. The van der Waals surface area contributed by atoms with Gasteiger partial charge in [0, 0.05) is 32.8 Å². The SMILES string of the molecule is Cc1ccc2c(c1)c1ccc(-n3c4ccccc4c4ccc(-c5ccccc5)nc43)nc1n2-c1ccccc1. The van der Waals surface area contributed by atoms with Gasteiger partial charge in [-0.2, -0.15) is 0 Å². The monoisotopic (exact) mass is 500 g/mol. The van der Waals surface area contributed by atoms with Gasteiger partial charge in [0.05, 0.1) is 16.7 Å². The molecule has 0 amide bonds. The second-order valence-electron chi connectivity index (χ2n) is 10.0. The highest BCUT2D eigenvalue weighted by Crippen LogP contribution is 2.35. The van der Waals surface area contributed by atoms with Crippen molar-refractivity contribution in [1.82, 2.24) is 19.1 Å². The van der Waals surface area contributed by atoms with E-state index in [1.54, 1.807) is 0 Å². The van der Waals surface area contributed by atoms with Crippen molar-refractivity contribution in [3.63, 3.8) is 0 Å². The van der Waals surface area contributed by atoms with Crippen molar-refractivity contribution in [3.05, 3.63) is 133 Å². The highest BCUT2D eigenvalue weighted by Gasteiger charge is 2.18. The largest absolute Gasteiger partial charge is 0.294 e. The number of para-hydroxylation sites is 2. The first-order valence-electron chi connectivity index (χ1n) is 13.2. The molecule has 0 aliphatic rings. The van der Waals surface area contributed by atoms with Gasteiger partial charge in [-0.1, -0.05) is 78.4 Å². The summed E-state index contributed by atoms with van der Waals surface area (Å²) in [6.45, 7) is 2.14. The molecule has 4 aromatic heterocycles. The maximum Gasteiger partial charge on any atom is 0.148 e. The van der Waals surface area contributed by atoms with Crippen LogP contribution in [0.4, 0.5) is 0 Å². The number of hydrogen-bond acceptors (Lipinski definition) is 2. The molecule has 0 aliphatic carbocycles. The molecular weight excluding hydrogens is 476 g/mol. The number of benzene rings is 4. The molecular formula is C35H24N4. The Morgan fingerprint density at radius 2 is 1.15 bits per heavy atom. The molecule has 4 nitrogen and oxygen atoms in total. The normalized spacial score (nSPS) is 11.7. The lowest BCUT2D eigenvalue weighted by Crippen LogP contribution is -2.01. The predicted octanol–water partition coefficient (Wildman–Crippen LogP) is 8.65. The zero-order valence-corrected chi connectivity index (χ0v) is 21.4. The maximum atomic E-state index is 5.35. The van der Waals surface area contributed by atoms with Crippen LogP contribution < -0.4 is 0 Å². The minimum atomic E-state index is 0.850. The van der Waals surface area contributed by atoms with Crippen LogP contribution in [0.25, 0.3) is 66.6 Å². The van der Waals surface area contributed by atoms with E-state index in [1.165, 1.54) is 16.3 Å². The molecule has 8 aromatic rings. The van der Waals surface area contributed by atoms with Gasteiger partial charge in [0.2, 0.25) is 0 Å². The summed E-state index contributed by atoms with van der Waals surface area (Å²) < 4.78 is 4.47. The zero-order valence-electron chi connectivity index (χ0n) is 21.4. The summed E-state index contributed by atoms with van der Waals surface area (Å²) >= 11 is 0. The first-order chi connectivity index (χ1) is 19.3. The number of pyridine rings is 2. The minimum absolute atomic E-state index is 0.850. The first kappa shape index (κ1) is 21.8. The molecule has 0 aliphatic heterocycles. The van der Waals surface area contributed by atoms with Crippen LogP contribution in [0.1, 0.15) is 5.56 Å². The Kier molecular flexibility index (Phi) is 4.70. The van der Waals surface area contributed by atoms with Crippen molar-refractivity contribution >= 4 is 43.9 Å². The molecule has 4 heteroatoms. The summed E-state index contributed by atoms with van der Waals surface area (Å²) in [7, 11) is 0. The van der Waals surface area contributed by atoms with Gasteiger partial charge >= 0.3 is 0 Å². The standard InChI is InChI=1S/C35H24N4/c1-23-16-20-32-29(22-23)28-18-21-33(37-35(28)38(32)25-12-6-3-7-13-25)39-31-15-9-8-14-26(31)27-17-19-30(36-34(27)39)24-10-4-2-5-11-24/h2-22H,1H3. The third kappa shape index (κ3) is 3.32. The molecule has 0 radical (unpaired) electrons. The van der Waals surface area contributed by atoms with Gasteiger partial charge in [-0.05, 0) is 61.5 Å². The van der Waals surface area contributed by atoms with Crippen molar-refractivity contribution < 1.29 is 0 Å². The number of nitrogens with zero attached hydrogens (tertiary/aromatic N) is 4. The number of rotatable bonds is 3. The van der Waals surface area contributed by atoms with Crippen molar-refractivity contribution in [2.24, 2.45) is 0 Å². The molecule has 0 saturated carbocycles. The van der Waals surface area contributed by atoms with Crippen LogP contribution in [-0.2, 0) is 0 Å². The summed E-state index contributed by atoms with van der Waals surface area (Å²) in [6.07, 6.45) is 0. The van der Waals surface area contributed by atoms with E-state index in [-0.39, 0.29) is 0 Å². The summed E-state index contributed by atoms with van der Waals surface area (Å²) in [5, 5.41) is 4.63. The lowest BCUT2D eigenvalue weighted by molar-refractivity contribution is 1.05. The molecule has 39 heavy (non-hydrogen) atoms. The lowest BCUT2D eigenvalue weighted by atomic mass is 10.1. The summed E-state index contributed by atoms with van der Waals surface area (Å²) in [4.78, 5) is 10.5. The molecule has 0 saturated heterocycles. The fourth-order valence-corrected chi connectivity index (χ4v) is 5.80. The van der Waals surface area contributed by atoms with Gasteiger partial charge in [-0.15, -0.1) is 0 Å². The molecule has 0 spiro atoms. The zero-order chi connectivity index (χ0) is 25.9.